The van der Waals surface area contributed by atoms with Crippen LogP contribution < -0.4 is 0 Å². The van der Waals surface area contributed by atoms with Crippen LogP contribution in [0.3, 0.4) is 0 Å². The fourth-order valence-corrected chi connectivity index (χ4v) is 2.70. The number of benzene rings is 1. The second-order valence-corrected chi connectivity index (χ2v) is 6.98. The van der Waals surface area contributed by atoms with Crippen molar-refractivity contribution in [3.8, 4) is 0 Å². The van der Waals surface area contributed by atoms with Gasteiger partial charge in [0.05, 0.1) is 11.0 Å². The van der Waals surface area contributed by atoms with Gasteiger partial charge in [-0.05, 0) is 24.1 Å². The molecule has 0 aliphatic rings. The van der Waals surface area contributed by atoms with Gasteiger partial charge in [-0.3, -0.25) is 4.68 Å². The summed E-state index contributed by atoms with van der Waals surface area (Å²) < 4.78 is 24.6. The third-order valence-corrected chi connectivity index (χ3v) is 4.33. The van der Waals surface area contributed by atoms with E-state index in [0.717, 1.165) is 25.0 Å². The standard InChI is InChI=1S/C14H19N3O3S/c1-3-8-17-14(15-10-16-17)9-13(18)11-4-6-12(7-5-11)21(2,19)20/h4-7,10,13,18H,3,8-9H2,1-2H3. The first kappa shape index (κ1) is 15.7. The normalized spacial score (nSPS) is 13.3. The third kappa shape index (κ3) is 3.89. The second kappa shape index (κ2) is 6.36. The molecule has 0 saturated carbocycles. The van der Waals surface area contributed by atoms with Crippen LogP contribution in [0.25, 0.3) is 0 Å². The summed E-state index contributed by atoms with van der Waals surface area (Å²) >= 11 is 0. The molecule has 6 nitrogen and oxygen atoms in total. The summed E-state index contributed by atoms with van der Waals surface area (Å²) in [6, 6.07) is 6.26. The lowest BCUT2D eigenvalue weighted by atomic mass is 10.1. The fourth-order valence-electron chi connectivity index (χ4n) is 2.07. The lowest BCUT2D eigenvalue weighted by Gasteiger charge is -2.12. The van der Waals surface area contributed by atoms with Crippen molar-refractivity contribution in [2.75, 3.05) is 6.26 Å². The second-order valence-electron chi connectivity index (χ2n) is 4.96. The summed E-state index contributed by atoms with van der Waals surface area (Å²) in [5.41, 5.74) is 0.661. The van der Waals surface area contributed by atoms with E-state index in [2.05, 4.69) is 10.1 Å². The van der Waals surface area contributed by atoms with Gasteiger partial charge in [-0.2, -0.15) is 5.10 Å². The predicted molar refractivity (Wildman–Crippen MR) is 78.5 cm³/mol. The molecular formula is C14H19N3O3S. The number of hydrogen-bond acceptors (Lipinski definition) is 5. The molecule has 1 aromatic carbocycles. The lowest BCUT2D eigenvalue weighted by Crippen LogP contribution is -2.10. The monoisotopic (exact) mass is 309 g/mol. The van der Waals surface area contributed by atoms with Crippen molar-refractivity contribution in [2.24, 2.45) is 0 Å². The molecule has 0 amide bonds. The number of rotatable bonds is 6. The fraction of sp³-hybridized carbons (Fsp3) is 0.429. The van der Waals surface area contributed by atoms with Gasteiger partial charge in [0, 0.05) is 19.2 Å². The number of sulfone groups is 1. The van der Waals surface area contributed by atoms with Gasteiger partial charge in [-0.15, -0.1) is 0 Å². The van der Waals surface area contributed by atoms with Crippen LogP contribution in [0.1, 0.15) is 30.8 Å². The molecule has 1 unspecified atom stereocenters. The van der Waals surface area contributed by atoms with Crippen LogP contribution in [-0.2, 0) is 22.8 Å². The number of aryl methyl sites for hydroxylation is 1. The zero-order valence-corrected chi connectivity index (χ0v) is 12.9. The number of hydrogen-bond donors (Lipinski definition) is 1. The van der Waals surface area contributed by atoms with Crippen LogP contribution in [0.4, 0.5) is 0 Å². The highest BCUT2D eigenvalue weighted by Gasteiger charge is 2.14. The quantitative estimate of drug-likeness (QED) is 0.871. The van der Waals surface area contributed by atoms with E-state index in [9.17, 15) is 13.5 Å². The van der Waals surface area contributed by atoms with Crippen LogP contribution in [0.2, 0.25) is 0 Å². The molecule has 21 heavy (non-hydrogen) atoms. The Balaban J connectivity index is 2.13. The summed E-state index contributed by atoms with van der Waals surface area (Å²) in [6.45, 7) is 2.81. The highest BCUT2D eigenvalue weighted by atomic mass is 32.2. The Kier molecular flexibility index (Phi) is 4.74. The van der Waals surface area contributed by atoms with Gasteiger partial charge in [0.15, 0.2) is 9.84 Å². The molecular weight excluding hydrogens is 290 g/mol. The first-order valence-electron chi connectivity index (χ1n) is 6.76. The van der Waals surface area contributed by atoms with E-state index >= 15 is 0 Å². The molecule has 2 aromatic rings. The highest BCUT2D eigenvalue weighted by molar-refractivity contribution is 7.90. The van der Waals surface area contributed by atoms with Crippen molar-refractivity contribution >= 4 is 9.84 Å². The van der Waals surface area contributed by atoms with Gasteiger partial charge < -0.3 is 5.11 Å². The van der Waals surface area contributed by atoms with Crippen molar-refractivity contribution in [3.05, 3.63) is 42.0 Å². The third-order valence-electron chi connectivity index (χ3n) is 3.20. The molecule has 114 valence electrons. The molecule has 0 bridgehead atoms. The van der Waals surface area contributed by atoms with Crippen molar-refractivity contribution in [1.82, 2.24) is 14.8 Å². The first-order chi connectivity index (χ1) is 9.91. The summed E-state index contributed by atoms with van der Waals surface area (Å²) in [7, 11) is -3.22. The first-order valence-corrected chi connectivity index (χ1v) is 8.65. The van der Waals surface area contributed by atoms with Gasteiger partial charge in [0.1, 0.15) is 12.2 Å². The average Bonchev–Trinajstić information content (AvgIpc) is 2.86. The predicted octanol–water partition coefficient (Wildman–Crippen LogP) is 1.37. The van der Waals surface area contributed by atoms with E-state index in [-0.39, 0.29) is 4.90 Å². The van der Waals surface area contributed by atoms with E-state index in [1.165, 1.54) is 18.5 Å². The summed E-state index contributed by atoms with van der Waals surface area (Å²) in [6.07, 6.45) is 3.18. The van der Waals surface area contributed by atoms with Crippen molar-refractivity contribution in [2.45, 2.75) is 37.3 Å². The molecule has 0 radical (unpaired) electrons. The SMILES string of the molecule is CCCn1ncnc1CC(O)c1ccc(S(C)(=O)=O)cc1. The Morgan fingerprint density at radius 1 is 1.29 bits per heavy atom. The summed E-state index contributed by atoms with van der Waals surface area (Å²) in [5.74, 6) is 0.719. The molecule has 1 aromatic heterocycles. The summed E-state index contributed by atoms with van der Waals surface area (Å²) in [4.78, 5) is 4.40. The van der Waals surface area contributed by atoms with E-state index in [1.54, 1.807) is 16.8 Å². The molecule has 1 N–H and O–H groups in total. The highest BCUT2D eigenvalue weighted by Crippen LogP contribution is 2.19. The Hall–Kier alpha value is -1.73. The topological polar surface area (TPSA) is 85.1 Å². The molecule has 7 heteroatoms. The Labute approximate surface area is 124 Å². The minimum absolute atomic E-state index is 0.243. The molecule has 0 fully saturated rings. The van der Waals surface area contributed by atoms with E-state index < -0.39 is 15.9 Å². The van der Waals surface area contributed by atoms with Crippen LogP contribution in [-0.4, -0.2) is 34.5 Å². The van der Waals surface area contributed by atoms with Crippen LogP contribution in [0.5, 0.6) is 0 Å². The van der Waals surface area contributed by atoms with Gasteiger partial charge >= 0.3 is 0 Å². The maximum atomic E-state index is 11.4. The molecule has 0 aliphatic heterocycles. The van der Waals surface area contributed by atoms with E-state index in [1.807, 2.05) is 6.92 Å². The van der Waals surface area contributed by atoms with Gasteiger partial charge in [0.2, 0.25) is 0 Å². The average molecular weight is 309 g/mol. The Morgan fingerprint density at radius 3 is 2.52 bits per heavy atom. The van der Waals surface area contributed by atoms with Crippen molar-refractivity contribution in [1.29, 1.82) is 0 Å². The number of aliphatic hydroxyl groups is 1. The van der Waals surface area contributed by atoms with Gasteiger partial charge in [-0.25, -0.2) is 13.4 Å². The zero-order valence-electron chi connectivity index (χ0n) is 12.1. The Morgan fingerprint density at radius 2 is 1.95 bits per heavy atom. The molecule has 1 atom stereocenters. The van der Waals surface area contributed by atoms with E-state index in [4.69, 9.17) is 0 Å². The van der Waals surface area contributed by atoms with E-state index in [0.29, 0.717) is 12.0 Å². The summed E-state index contributed by atoms with van der Waals surface area (Å²) in [5, 5.41) is 14.4. The minimum Gasteiger partial charge on any atom is -0.388 e. The largest absolute Gasteiger partial charge is 0.388 e. The van der Waals surface area contributed by atoms with Crippen LogP contribution in [0.15, 0.2) is 35.5 Å². The molecule has 0 saturated heterocycles. The maximum absolute atomic E-state index is 11.4. The van der Waals surface area contributed by atoms with Gasteiger partial charge in [-0.1, -0.05) is 19.1 Å². The number of aliphatic hydroxyl groups excluding tert-OH is 1. The van der Waals surface area contributed by atoms with Gasteiger partial charge in [0.25, 0.3) is 0 Å². The smallest absolute Gasteiger partial charge is 0.175 e. The maximum Gasteiger partial charge on any atom is 0.175 e. The number of nitrogens with zero attached hydrogens (tertiary/aromatic N) is 3. The number of aromatic nitrogens is 3. The van der Waals surface area contributed by atoms with Crippen molar-refractivity contribution < 1.29 is 13.5 Å². The Bertz CT molecular complexity index is 693. The van der Waals surface area contributed by atoms with Crippen LogP contribution in [0, 0.1) is 0 Å². The molecule has 1 heterocycles. The lowest BCUT2D eigenvalue weighted by molar-refractivity contribution is 0.174. The van der Waals surface area contributed by atoms with Crippen molar-refractivity contribution in [3.63, 3.8) is 0 Å². The molecule has 2 rings (SSSR count). The molecule has 0 spiro atoms. The zero-order chi connectivity index (χ0) is 15.5. The molecule has 0 aliphatic carbocycles. The minimum atomic E-state index is -3.22. The van der Waals surface area contributed by atoms with Crippen LogP contribution >= 0.6 is 0 Å².